The Morgan fingerprint density at radius 2 is 0.713 bits per heavy atom. The van der Waals surface area contributed by atoms with Gasteiger partial charge >= 0.3 is 0 Å². The standard InChI is InChI=1S/C66H129NO13/c1-3-5-7-9-11-13-15-17-19-20-21-22-23-24-25-26-27-28-29-30-31-32-33-34-35-36-38-40-42-44-46-48-50-58(71)67-54(55(70)49-47-45-43-41-39-37-18-16-14-12-10-8-6-4-2)53-77-65-63(76)61(74)64(57(52-69)79-65)80-66-62(75)60(73)59(72)56(51-68)78-66/h54-57,59-66,68-70,72-76H,3-53H2,1-2H3,(H,67,71)/t54-,55+,56+,57+,59-,60?,61?,62?,63?,64+,65+,66-/m0/s1. The second-order valence-corrected chi connectivity index (χ2v) is 24.7. The van der Waals surface area contributed by atoms with Crippen LogP contribution in [-0.4, -0.2) is 140 Å². The molecular formula is C66H129NO13. The van der Waals surface area contributed by atoms with E-state index in [1.54, 1.807) is 0 Å². The highest BCUT2D eigenvalue weighted by molar-refractivity contribution is 5.76. The van der Waals surface area contributed by atoms with E-state index in [1.807, 2.05) is 0 Å². The summed E-state index contributed by atoms with van der Waals surface area (Å²) in [6.45, 7) is 2.91. The molecule has 0 radical (unpaired) electrons. The quantitative estimate of drug-likeness (QED) is 0.0259. The zero-order valence-electron chi connectivity index (χ0n) is 51.6. The molecule has 2 fully saturated rings. The summed E-state index contributed by atoms with van der Waals surface area (Å²) in [4.78, 5) is 13.3. The monoisotopic (exact) mass is 1140 g/mol. The van der Waals surface area contributed by atoms with Gasteiger partial charge < -0.3 is 65.1 Å². The number of unbranched alkanes of at least 4 members (excludes halogenated alkanes) is 44. The van der Waals surface area contributed by atoms with Crippen LogP contribution >= 0.6 is 0 Å². The van der Waals surface area contributed by atoms with Crippen molar-refractivity contribution < 1.29 is 64.6 Å². The maximum Gasteiger partial charge on any atom is 0.220 e. The van der Waals surface area contributed by atoms with E-state index in [9.17, 15) is 45.6 Å². The van der Waals surface area contributed by atoms with Crippen molar-refractivity contribution in [3.63, 3.8) is 0 Å². The first-order valence-corrected chi connectivity index (χ1v) is 34.3. The van der Waals surface area contributed by atoms with Gasteiger partial charge in [0.2, 0.25) is 5.91 Å². The molecule has 12 atom stereocenters. The number of hydrogen-bond acceptors (Lipinski definition) is 13. The van der Waals surface area contributed by atoms with Crippen LogP contribution in [0, 0.1) is 0 Å². The molecule has 0 saturated carbocycles. The first-order valence-electron chi connectivity index (χ1n) is 34.3. The van der Waals surface area contributed by atoms with Gasteiger partial charge in [-0.1, -0.05) is 303 Å². The molecule has 80 heavy (non-hydrogen) atoms. The zero-order valence-corrected chi connectivity index (χ0v) is 51.6. The van der Waals surface area contributed by atoms with Crippen LogP contribution in [0.1, 0.15) is 322 Å². The second-order valence-electron chi connectivity index (χ2n) is 24.7. The summed E-state index contributed by atoms with van der Waals surface area (Å²) >= 11 is 0. The van der Waals surface area contributed by atoms with Crippen LogP contribution in [0.25, 0.3) is 0 Å². The first kappa shape index (κ1) is 75.1. The number of aliphatic hydroxyl groups is 8. The van der Waals surface area contributed by atoms with Gasteiger partial charge in [-0.05, 0) is 12.8 Å². The Kier molecular flexibility index (Phi) is 49.1. The molecular weight excluding hydrogens is 1010 g/mol. The summed E-state index contributed by atoms with van der Waals surface area (Å²) in [5.41, 5.74) is 0. The summed E-state index contributed by atoms with van der Waals surface area (Å²) in [5.74, 6) is -0.199. The smallest absolute Gasteiger partial charge is 0.220 e. The number of aliphatic hydroxyl groups excluding tert-OH is 8. The molecule has 4 unspecified atom stereocenters. The molecule has 2 aliphatic heterocycles. The van der Waals surface area contributed by atoms with Gasteiger partial charge in [-0.2, -0.15) is 0 Å². The summed E-state index contributed by atoms with van der Waals surface area (Å²) in [5, 5.41) is 87.4. The lowest BCUT2D eigenvalue weighted by Crippen LogP contribution is -2.65. The van der Waals surface area contributed by atoms with E-state index in [0.717, 1.165) is 51.4 Å². The maximum atomic E-state index is 13.3. The van der Waals surface area contributed by atoms with E-state index in [0.29, 0.717) is 12.8 Å². The highest BCUT2D eigenvalue weighted by Gasteiger charge is 2.51. The van der Waals surface area contributed by atoms with E-state index in [2.05, 4.69) is 19.2 Å². The predicted octanol–water partition coefficient (Wildman–Crippen LogP) is 13.2. The Balaban J connectivity index is 1.60. The molecule has 2 saturated heterocycles. The molecule has 14 heteroatoms. The van der Waals surface area contributed by atoms with Crippen LogP contribution in [0.4, 0.5) is 0 Å². The van der Waals surface area contributed by atoms with Gasteiger partial charge in [0.05, 0.1) is 32.0 Å². The van der Waals surface area contributed by atoms with Crippen molar-refractivity contribution in [2.45, 2.75) is 396 Å². The zero-order chi connectivity index (χ0) is 58.1. The number of carbonyl (C=O) groups excluding carboxylic acids is 1. The third kappa shape index (κ3) is 36.7. The lowest BCUT2D eigenvalue weighted by Gasteiger charge is -2.46. The van der Waals surface area contributed by atoms with Crippen molar-refractivity contribution >= 4 is 5.91 Å². The summed E-state index contributed by atoms with van der Waals surface area (Å²) < 4.78 is 22.9. The molecule has 14 nitrogen and oxygen atoms in total. The minimum absolute atomic E-state index is 0.199. The normalized spacial score (nSPS) is 24.1. The van der Waals surface area contributed by atoms with Crippen LogP contribution in [0.15, 0.2) is 0 Å². The van der Waals surface area contributed by atoms with Gasteiger partial charge in [-0.25, -0.2) is 0 Å². The van der Waals surface area contributed by atoms with Crippen LogP contribution in [0.3, 0.4) is 0 Å². The molecule has 0 spiro atoms. The van der Waals surface area contributed by atoms with E-state index < -0.39 is 86.8 Å². The Hall–Kier alpha value is -1.01. The number of carbonyl (C=O) groups is 1. The van der Waals surface area contributed by atoms with E-state index in [1.165, 1.54) is 244 Å². The molecule has 0 aromatic heterocycles. The fourth-order valence-electron chi connectivity index (χ4n) is 11.8. The number of rotatable bonds is 57. The van der Waals surface area contributed by atoms with E-state index >= 15 is 0 Å². The topological polar surface area (TPSA) is 228 Å². The third-order valence-corrected chi connectivity index (χ3v) is 17.3. The van der Waals surface area contributed by atoms with Crippen LogP contribution < -0.4 is 5.32 Å². The molecule has 0 aromatic rings. The largest absolute Gasteiger partial charge is 0.394 e. The average Bonchev–Trinajstić information content (AvgIpc) is 3.46. The van der Waals surface area contributed by atoms with Crippen molar-refractivity contribution in [1.29, 1.82) is 0 Å². The SMILES string of the molecule is CCCCCCCCCCCCCCCCCCCCCCCCCCCCCCCCCCC(=O)N[C@@H](CO[C@@H]1O[C@H](CO)[C@@H](O[C@@H]2O[C@H](CO)[C@H](O)C(O)C2O)C(O)C1O)[C@H](O)CCCCCCCCCCCCCCCC. The number of ether oxygens (including phenoxy) is 4. The highest BCUT2D eigenvalue weighted by atomic mass is 16.7. The fourth-order valence-corrected chi connectivity index (χ4v) is 11.8. The third-order valence-electron chi connectivity index (χ3n) is 17.3. The van der Waals surface area contributed by atoms with Crippen molar-refractivity contribution in [3.05, 3.63) is 0 Å². The van der Waals surface area contributed by atoms with E-state index in [4.69, 9.17) is 18.9 Å². The van der Waals surface area contributed by atoms with Gasteiger partial charge in [-0.15, -0.1) is 0 Å². The molecule has 2 heterocycles. The Bertz CT molecular complexity index is 1350. The predicted molar refractivity (Wildman–Crippen MR) is 323 cm³/mol. The molecule has 476 valence electrons. The van der Waals surface area contributed by atoms with Crippen LogP contribution in [0.5, 0.6) is 0 Å². The lowest BCUT2D eigenvalue weighted by molar-refractivity contribution is -0.359. The van der Waals surface area contributed by atoms with Gasteiger partial charge in [0, 0.05) is 6.42 Å². The Labute approximate surface area is 489 Å². The molecule has 0 aliphatic carbocycles. The fraction of sp³-hybridized carbons (Fsp3) is 0.985. The van der Waals surface area contributed by atoms with Gasteiger partial charge in [0.1, 0.15) is 48.8 Å². The molecule has 2 rings (SSSR count). The maximum absolute atomic E-state index is 13.3. The minimum atomic E-state index is -1.78. The number of amides is 1. The van der Waals surface area contributed by atoms with Crippen molar-refractivity contribution in [3.8, 4) is 0 Å². The van der Waals surface area contributed by atoms with Crippen molar-refractivity contribution in [2.75, 3.05) is 19.8 Å². The van der Waals surface area contributed by atoms with Gasteiger partial charge in [0.15, 0.2) is 12.6 Å². The number of hydrogen-bond donors (Lipinski definition) is 9. The molecule has 0 aromatic carbocycles. The highest BCUT2D eigenvalue weighted by Crippen LogP contribution is 2.30. The van der Waals surface area contributed by atoms with Crippen molar-refractivity contribution in [2.24, 2.45) is 0 Å². The van der Waals surface area contributed by atoms with Crippen LogP contribution in [0.2, 0.25) is 0 Å². The van der Waals surface area contributed by atoms with E-state index in [-0.39, 0.29) is 12.5 Å². The molecule has 0 bridgehead atoms. The Morgan fingerprint density at radius 1 is 0.400 bits per heavy atom. The summed E-state index contributed by atoms with van der Waals surface area (Å²) in [6.07, 6.45) is 44.2. The molecule has 2 aliphatic rings. The average molecular weight is 1140 g/mol. The van der Waals surface area contributed by atoms with Crippen LogP contribution in [-0.2, 0) is 23.7 Å². The van der Waals surface area contributed by atoms with Gasteiger partial charge in [-0.3, -0.25) is 4.79 Å². The van der Waals surface area contributed by atoms with Crippen molar-refractivity contribution in [1.82, 2.24) is 5.32 Å². The minimum Gasteiger partial charge on any atom is -0.394 e. The molecule has 9 N–H and O–H groups in total. The molecule has 1 amide bonds. The number of nitrogens with one attached hydrogen (secondary N) is 1. The first-order chi connectivity index (χ1) is 39.1. The summed E-state index contributed by atoms with van der Waals surface area (Å²) in [7, 11) is 0. The Morgan fingerprint density at radius 3 is 1.06 bits per heavy atom. The van der Waals surface area contributed by atoms with Gasteiger partial charge in [0.25, 0.3) is 0 Å². The summed E-state index contributed by atoms with van der Waals surface area (Å²) in [6, 6.07) is -0.823. The lowest BCUT2D eigenvalue weighted by atomic mass is 9.97. The second kappa shape index (κ2) is 52.3.